The third kappa shape index (κ3) is 3.89. The Morgan fingerprint density at radius 2 is 2.19 bits per heavy atom. The van der Waals surface area contributed by atoms with Gasteiger partial charge in [0, 0.05) is 11.8 Å². The van der Waals surface area contributed by atoms with Crippen molar-refractivity contribution in [2.45, 2.75) is 13.0 Å². The van der Waals surface area contributed by atoms with Crippen molar-refractivity contribution >= 4 is 35.6 Å². The summed E-state index contributed by atoms with van der Waals surface area (Å²) in [7, 11) is 1.51. The second-order valence-corrected chi connectivity index (χ2v) is 3.53. The first-order valence-electron chi connectivity index (χ1n) is 4.44. The fourth-order valence-corrected chi connectivity index (χ4v) is 1.19. The lowest BCUT2D eigenvalue weighted by Crippen LogP contribution is -2.32. The number of carbonyl (C=O) groups excluding carboxylic acids is 1. The Labute approximate surface area is 106 Å². The molecule has 0 bridgehead atoms. The molecule has 0 heterocycles. The van der Waals surface area contributed by atoms with Crippen LogP contribution >= 0.6 is 24.0 Å². The number of rotatable bonds is 3. The predicted molar refractivity (Wildman–Crippen MR) is 67.5 cm³/mol. The van der Waals surface area contributed by atoms with Gasteiger partial charge in [-0.2, -0.15) is 0 Å². The number of benzene rings is 1. The van der Waals surface area contributed by atoms with Gasteiger partial charge in [0.1, 0.15) is 5.75 Å². The quantitative estimate of drug-likeness (QED) is 0.879. The number of hydrogen-bond donors (Lipinski definition) is 2. The molecular formula is C10H14Cl2N2O2. The first kappa shape index (κ1) is 15.0. The Balaban J connectivity index is 0.00000225. The van der Waals surface area contributed by atoms with Crippen LogP contribution in [-0.4, -0.2) is 19.1 Å². The Hall–Kier alpha value is -0.970. The van der Waals surface area contributed by atoms with Crippen LogP contribution in [0.2, 0.25) is 5.02 Å². The fraction of sp³-hybridized carbons (Fsp3) is 0.300. The molecule has 0 aliphatic carbocycles. The summed E-state index contributed by atoms with van der Waals surface area (Å²) >= 11 is 5.83. The third-order valence-electron chi connectivity index (χ3n) is 1.83. The van der Waals surface area contributed by atoms with E-state index < -0.39 is 6.04 Å². The Kier molecular flexibility index (Phi) is 6.18. The molecular weight excluding hydrogens is 251 g/mol. The van der Waals surface area contributed by atoms with E-state index in [1.54, 1.807) is 25.1 Å². The number of hydrogen-bond acceptors (Lipinski definition) is 3. The molecule has 3 N–H and O–H groups in total. The van der Waals surface area contributed by atoms with Gasteiger partial charge >= 0.3 is 0 Å². The summed E-state index contributed by atoms with van der Waals surface area (Å²) in [6.07, 6.45) is 0. The van der Waals surface area contributed by atoms with Gasteiger partial charge in [-0.1, -0.05) is 11.6 Å². The molecule has 1 atom stereocenters. The number of anilines is 1. The average Bonchev–Trinajstić information content (AvgIpc) is 2.20. The second-order valence-electron chi connectivity index (χ2n) is 3.13. The van der Waals surface area contributed by atoms with Crippen LogP contribution in [-0.2, 0) is 4.79 Å². The van der Waals surface area contributed by atoms with E-state index in [4.69, 9.17) is 22.1 Å². The second kappa shape index (κ2) is 6.58. The van der Waals surface area contributed by atoms with E-state index in [9.17, 15) is 4.79 Å². The van der Waals surface area contributed by atoms with Crippen LogP contribution in [0.4, 0.5) is 5.69 Å². The normalized spacial score (nSPS) is 11.2. The van der Waals surface area contributed by atoms with Crippen molar-refractivity contribution in [3.63, 3.8) is 0 Å². The van der Waals surface area contributed by atoms with E-state index >= 15 is 0 Å². The van der Waals surface area contributed by atoms with Crippen LogP contribution in [0.3, 0.4) is 0 Å². The molecule has 0 saturated carbocycles. The SMILES string of the molecule is COc1cc(NC(=O)C(C)N)ccc1Cl.Cl. The lowest BCUT2D eigenvalue weighted by Gasteiger charge is -2.09. The number of nitrogens with two attached hydrogens (primary N) is 1. The highest BCUT2D eigenvalue weighted by atomic mass is 35.5. The minimum atomic E-state index is -0.549. The van der Waals surface area contributed by atoms with Gasteiger partial charge < -0.3 is 15.8 Å². The molecule has 0 spiro atoms. The van der Waals surface area contributed by atoms with Gasteiger partial charge in [0.15, 0.2) is 0 Å². The Bertz CT molecular complexity index is 370. The molecule has 1 aromatic rings. The number of nitrogens with one attached hydrogen (secondary N) is 1. The Morgan fingerprint density at radius 3 is 2.69 bits per heavy atom. The zero-order chi connectivity index (χ0) is 11.4. The number of carbonyl (C=O) groups is 1. The van der Waals surface area contributed by atoms with Crippen molar-refractivity contribution < 1.29 is 9.53 Å². The van der Waals surface area contributed by atoms with Crippen molar-refractivity contribution in [3.8, 4) is 5.75 Å². The molecule has 4 nitrogen and oxygen atoms in total. The van der Waals surface area contributed by atoms with Crippen molar-refractivity contribution in [1.82, 2.24) is 0 Å². The van der Waals surface area contributed by atoms with Crippen molar-refractivity contribution in [2.75, 3.05) is 12.4 Å². The van der Waals surface area contributed by atoms with Gasteiger partial charge in [-0.05, 0) is 19.1 Å². The van der Waals surface area contributed by atoms with Crippen molar-refractivity contribution in [3.05, 3.63) is 23.2 Å². The third-order valence-corrected chi connectivity index (χ3v) is 2.14. The lowest BCUT2D eigenvalue weighted by atomic mass is 10.2. The van der Waals surface area contributed by atoms with Crippen molar-refractivity contribution in [2.24, 2.45) is 5.73 Å². The summed E-state index contributed by atoms with van der Waals surface area (Å²) in [5, 5.41) is 3.14. The minimum Gasteiger partial charge on any atom is -0.495 e. The highest BCUT2D eigenvalue weighted by Gasteiger charge is 2.08. The lowest BCUT2D eigenvalue weighted by molar-refractivity contribution is -0.117. The molecule has 0 aliphatic rings. The summed E-state index contributed by atoms with van der Waals surface area (Å²) < 4.78 is 5.01. The summed E-state index contributed by atoms with van der Waals surface area (Å²) in [5.41, 5.74) is 6.02. The molecule has 1 aromatic carbocycles. The number of methoxy groups -OCH3 is 1. The van der Waals surface area contributed by atoms with Gasteiger partial charge in [0.25, 0.3) is 0 Å². The molecule has 1 unspecified atom stereocenters. The van der Waals surface area contributed by atoms with Gasteiger partial charge in [-0.3, -0.25) is 4.79 Å². The molecule has 0 aliphatic heterocycles. The summed E-state index contributed by atoms with van der Waals surface area (Å²) in [5.74, 6) is 0.263. The van der Waals surface area contributed by atoms with E-state index in [0.29, 0.717) is 16.5 Å². The first-order chi connectivity index (χ1) is 7.04. The topological polar surface area (TPSA) is 64.3 Å². The maximum absolute atomic E-state index is 11.3. The maximum atomic E-state index is 11.3. The van der Waals surface area contributed by atoms with E-state index in [1.165, 1.54) is 7.11 Å². The van der Waals surface area contributed by atoms with Crippen LogP contribution in [0.1, 0.15) is 6.92 Å². The van der Waals surface area contributed by atoms with Gasteiger partial charge in [-0.25, -0.2) is 0 Å². The molecule has 6 heteroatoms. The smallest absolute Gasteiger partial charge is 0.241 e. The molecule has 16 heavy (non-hydrogen) atoms. The van der Waals surface area contributed by atoms with E-state index in [2.05, 4.69) is 5.32 Å². The van der Waals surface area contributed by atoms with Crippen molar-refractivity contribution in [1.29, 1.82) is 0 Å². The Morgan fingerprint density at radius 1 is 1.56 bits per heavy atom. The van der Waals surface area contributed by atoms with E-state index in [0.717, 1.165) is 0 Å². The summed E-state index contributed by atoms with van der Waals surface area (Å²) in [6, 6.07) is 4.43. The molecule has 1 amide bonds. The monoisotopic (exact) mass is 264 g/mol. The van der Waals surface area contributed by atoms with Crippen LogP contribution < -0.4 is 15.8 Å². The average molecular weight is 265 g/mol. The molecule has 0 aromatic heterocycles. The zero-order valence-corrected chi connectivity index (χ0v) is 10.6. The molecule has 0 radical (unpaired) electrons. The number of halogens is 2. The van der Waals surface area contributed by atoms with Crippen LogP contribution in [0.5, 0.6) is 5.75 Å². The van der Waals surface area contributed by atoms with Crippen LogP contribution in [0, 0.1) is 0 Å². The number of ether oxygens (including phenoxy) is 1. The predicted octanol–water partition coefficient (Wildman–Crippen LogP) is 2.06. The van der Waals surface area contributed by atoms with E-state index in [-0.39, 0.29) is 18.3 Å². The molecule has 0 saturated heterocycles. The highest BCUT2D eigenvalue weighted by molar-refractivity contribution is 6.32. The summed E-state index contributed by atoms with van der Waals surface area (Å²) in [4.78, 5) is 11.3. The molecule has 0 fully saturated rings. The van der Waals surface area contributed by atoms with Gasteiger partial charge in [0.05, 0.1) is 18.2 Å². The zero-order valence-electron chi connectivity index (χ0n) is 8.99. The van der Waals surface area contributed by atoms with E-state index in [1.807, 2.05) is 0 Å². The largest absolute Gasteiger partial charge is 0.495 e. The minimum absolute atomic E-state index is 0. The standard InChI is InChI=1S/C10H13ClN2O2.ClH/c1-6(12)10(14)13-7-3-4-8(11)9(5-7)15-2;/h3-6H,12H2,1-2H3,(H,13,14);1H. The van der Waals surface area contributed by atoms with Crippen LogP contribution in [0.15, 0.2) is 18.2 Å². The molecule has 1 rings (SSSR count). The highest BCUT2D eigenvalue weighted by Crippen LogP contribution is 2.27. The summed E-state index contributed by atoms with van der Waals surface area (Å²) in [6.45, 7) is 1.61. The first-order valence-corrected chi connectivity index (χ1v) is 4.82. The van der Waals surface area contributed by atoms with Gasteiger partial charge in [0.2, 0.25) is 5.91 Å². The number of amides is 1. The van der Waals surface area contributed by atoms with Gasteiger partial charge in [-0.15, -0.1) is 12.4 Å². The fourth-order valence-electron chi connectivity index (χ4n) is 0.994. The maximum Gasteiger partial charge on any atom is 0.241 e. The van der Waals surface area contributed by atoms with Crippen LogP contribution in [0.25, 0.3) is 0 Å². The molecule has 90 valence electrons.